The van der Waals surface area contributed by atoms with Crippen molar-refractivity contribution >= 4 is 5.91 Å². The molecule has 0 aromatic heterocycles. The predicted octanol–water partition coefficient (Wildman–Crippen LogP) is 0.958. The SMILES string of the molecule is CC1(C)O[C@H]2CC(/C=C/C(N)=O)C[C@H]2O1. The monoisotopic (exact) mass is 211 g/mol. The topological polar surface area (TPSA) is 61.5 Å². The number of rotatable bonds is 2. The summed E-state index contributed by atoms with van der Waals surface area (Å²) in [6.45, 7) is 3.86. The van der Waals surface area contributed by atoms with Crippen LogP contribution in [0.25, 0.3) is 0 Å². The van der Waals surface area contributed by atoms with Gasteiger partial charge in [0.1, 0.15) is 0 Å². The van der Waals surface area contributed by atoms with Gasteiger partial charge in [0.2, 0.25) is 5.91 Å². The second kappa shape index (κ2) is 3.61. The number of carbonyl (C=O) groups is 1. The van der Waals surface area contributed by atoms with Gasteiger partial charge in [0.15, 0.2) is 5.79 Å². The van der Waals surface area contributed by atoms with Crippen LogP contribution in [0.3, 0.4) is 0 Å². The first-order valence-electron chi connectivity index (χ1n) is 5.29. The number of allylic oxidation sites excluding steroid dienone is 1. The smallest absolute Gasteiger partial charge is 0.241 e. The Labute approximate surface area is 89.4 Å². The average Bonchev–Trinajstić information content (AvgIpc) is 2.53. The summed E-state index contributed by atoms with van der Waals surface area (Å²) in [5, 5.41) is 0. The molecule has 4 nitrogen and oxygen atoms in total. The summed E-state index contributed by atoms with van der Waals surface area (Å²) in [7, 11) is 0. The van der Waals surface area contributed by atoms with Crippen LogP contribution < -0.4 is 5.73 Å². The van der Waals surface area contributed by atoms with Gasteiger partial charge in [0.25, 0.3) is 0 Å². The minimum absolute atomic E-state index is 0.169. The molecular formula is C11H17NO3. The molecule has 1 saturated carbocycles. The fraction of sp³-hybridized carbons (Fsp3) is 0.727. The molecule has 0 bridgehead atoms. The van der Waals surface area contributed by atoms with E-state index in [0.717, 1.165) is 12.8 Å². The second-order valence-corrected chi connectivity index (χ2v) is 4.71. The molecule has 84 valence electrons. The minimum atomic E-state index is -0.451. The van der Waals surface area contributed by atoms with Crippen molar-refractivity contribution in [2.45, 2.75) is 44.7 Å². The number of amides is 1. The van der Waals surface area contributed by atoms with E-state index in [1.165, 1.54) is 6.08 Å². The third-order valence-electron chi connectivity index (χ3n) is 2.89. The first kappa shape index (κ1) is 10.6. The van der Waals surface area contributed by atoms with Crippen LogP contribution in [-0.4, -0.2) is 23.9 Å². The highest BCUT2D eigenvalue weighted by Crippen LogP contribution is 2.41. The van der Waals surface area contributed by atoms with Crippen molar-refractivity contribution in [2.75, 3.05) is 0 Å². The van der Waals surface area contributed by atoms with Crippen LogP contribution >= 0.6 is 0 Å². The molecule has 0 spiro atoms. The maximum Gasteiger partial charge on any atom is 0.241 e. The normalized spacial score (nSPS) is 38.4. The zero-order valence-corrected chi connectivity index (χ0v) is 9.10. The molecule has 1 amide bonds. The largest absolute Gasteiger partial charge is 0.366 e. The van der Waals surface area contributed by atoms with Gasteiger partial charge in [0.05, 0.1) is 12.2 Å². The number of primary amides is 1. The number of hydrogen-bond donors (Lipinski definition) is 1. The van der Waals surface area contributed by atoms with Gasteiger partial charge >= 0.3 is 0 Å². The van der Waals surface area contributed by atoms with E-state index in [2.05, 4.69) is 0 Å². The lowest BCUT2D eigenvalue weighted by atomic mass is 10.1. The van der Waals surface area contributed by atoms with Crippen molar-refractivity contribution in [1.82, 2.24) is 0 Å². The molecule has 1 aliphatic heterocycles. The van der Waals surface area contributed by atoms with E-state index in [1.807, 2.05) is 19.9 Å². The average molecular weight is 211 g/mol. The quantitative estimate of drug-likeness (QED) is 0.692. The van der Waals surface area contributed by atoms with Gasteiger partial charge in [-0.05, 0) is 38.7 Å². The lowest BCUT2D eigenvalue weighted by Gasteiger charge is -2.19. The summed E-state index contributed by atoms with van der Waals surface area (Å²) < 4.78 is 11.5. The van der Waals surface area contributed by atoms with E-state index in [9.17, 15) is 4.79 Å². The summed E-state index contributed by atoms with van der Waals surface area (Å²) in [6, 6.07) is 0. The first-order valence-corrected chi connectivity index (χ1v) is 5.29. The van der Waals surface area contributed by atoms with Crippen molar-refractivity contribution in [3.63, 3.8) is 0 Å². The highest BCUT2D eigenvalue weighted by Gasteiger charge is 2.46. The van der Waals surface area contributed by atoms with Crippen molar-refractivity contribution in [3.05, 3.63) is 12.2 Å². The zero-order chi connectivity index (χ0) is 11.1. The van der Waals surface area contributed by atoms with E-state index < -0.39 is 11.7 Å². The van der Waals surface area contributed by atoms with Crippen molar-refractivity contribution < 1.29 is 14.3 Å². The molecule has 2 N–H and O–H groups in total. The van der Waals surface area contributed by atoms with Crippen LogP contribution in [0.4, 0.5) is 0 Å². The third-order valence-corrected chi connectivity index (χ3v) is 2.89. The number of carbonyl (C=O) groups excluding carboxylic acids is 1. The number of fused-ring (bicyclic) bond motifs is 1. The molecule has 2 rings (SSSR count). The second-order valence-electron chi connectivity index (χ2n) is 4.71. The van der Waals surface area contributed by atoms with E-state index in [0.29, 0.717) is 5.92 Å². The number of nitrogens with two attached hydrogens (primary N) is 1. The van der Waals surface area contributed by atoms with Crippen molar-refractivity contribution in [2.24, 2.45) is 11.7 Å². The molecule has 0 aromatic carbocycles. The van der Waals surface area contributed by atoms with Gasteiger partial charge < -0.3 is 15.2 Å². The molecule has 1 saturated heterocycles. The maximum atomic E-state index is 10.6. The highest BCUT2D eigenvalue weighted by molar-refractivity contribution is 5.85. The lowest BCUT2D eigenvalue weighted by Crippen LogP contribution is -2.22. The van der Waals surface area contributed by atoms with Gasteiger partial charge in [-0.3, -0.25) is 4.79 Å². The molecule has 0 radical (unpaired) electrons. The Hall–Kier alpha value is -0.870. The zero-order valence-electron chi connectivity index (χ0n) is 9.10. The summed E-state index contributed by atoms with van der Waals surface area (Å²) >= 11 is 0. The Bertz CT molecular complexity index is 282. The molecule has 2 aliphatic rings. The van der Waals surface area contributed by atoms with Gasteiger partial charge in [0, 0.05) is 0 Å². The fourth-order valence-corrected chi connectivity index (χ4v) is 2.39. The van der Waals surface area contributed by atoms with Crippen LogP contribution in [0.5, 0.6) is 0 Å². The Kier molecular flexibility index (Phi) is 2.56. The summed E-state index contributed by atoms with van der Waals surface area (Å²) in [5.74, 6) is -0.494. The van der Waals surface area contributed by atoms with Crippen LogP contribution in [-0.2, 0) is 14.3 Å². The predicted molar refractivity (Wildman–Crippen MR) is 54.9 cm³/mol. The minimum Gasteiger partial charge on any atom is -0.366 e. The summed E-state index contributed by atoms with van der Waals surface area (Å²) in [6.07, 6.45) is 5.46. The summed E-state index contributed by atoms with van der Waals surface area (Å²) in [5.41, 5.74) is 5.04. The highest BCUT2D eigenvalue weighted by atomic mass is 16.8. The van der Waals surface area contributed by atoms with Crippen LogP contribution in [0, 0.1) is 5.92 Å². The molecule has 1 aliphatic carbocycles. The molecule has 15 heavy (non-hydrogen) atoms. The molecule has 1 unspecified atom stereocenters. The van der Waals surface area contributed by atoms with Crippen LogP contribution in [0.2, 0.25) is 0 Å². The number of hydrogen-bond acceptors (Lipinski definition) is 3. The first-order chi connectivity index (χ1) is 6.96. The van der Waals surface area contributed by atoms with Gasteiger partial charge in [-0.15, -0.1) is 0 Å². The molecule has 4 heteroatoms. The lowest BCUT2D eigenvalue weighted by molar-refractivity contribution is -0.152. The molecule has 2 fully saturated rings. The molecule has 0 aromatic rings. The standard InChI is InChI=1S/C11H17NO3/c1-11(2)14-8-5-7(3-4-10(12)13)6-9(8)15-11/h3-4,7-9H,5-6H2,1-2H3,(H2,12,13)/b4-3+/t7?,8-,9+. The van der Waals surface area contributed by atoms with Crippen molar-refractivity contribution in [3.8, 4) is 0 Å². The van der Waals surface area contributed by atoms with E-state index in [-0.39, 0.29) is 12.2 Å². The summed E-state index contributed by atoms with van der Waals surface area (Å²) in [4.78, 5) is 10.6. The van der Waals surface area contributed by atoms with E-state index in [1.54, 1.807) is 0 Å². The van der Waals surface area contributed by atoms with E-state index in [4.69, 9.17) is 15.2 Å². The Morgan fingerprint density at radius 1 is 1.33 bits per heavy atom. The van der Waals surface area contributed by atoms with E-state index >= 15 is 0 Å². The van der Waals surface area contributed by atoms with Crippen LogP contribution in [0.15, 0.2) is 12.2 Å². The fourth-order valence-electron chi connectivity index (χ4n) is 2.39. The Balaban J connectivity index is 1.91. The van der Waals surface area contributed by atoms with Gasteiger partial charge in [-0.2, -0.15) is 0 Å². The molecular weight excluding hydrogens is 194 g/mol. The maximum absolute atomic E-state index is 10.6. The van der Waals surface area contributed by atoms with Gasteiger partial charge in [-0.25, -0.2) is 0 Å². The Morgan fingerprint density at radius 2 is 1.87 bits per heavy atom. The Morgan fingerprint density at radius 3 is 2.33 bits per heavy atom. The molecule has 3 atom stereocenters. The van der Waals surface area contributed by atoms with Gasteiger partial charge in [-0.1, -0.05) is 6.08 Å². The third kappa shape index (κ3) is 2.38. The molecule has 1 heterocycles. The number of ether oxygens (including phenoxy) is 2. The van der Waals surface area contributed by atoms with Crippen LogP contribution in [0.1, 0.15) is 26.7 Å². The van der Waals surface area contributed by atoms with Crippen molar-refractivity contribution in [1.29, 1.82) is 0 Å².